The van der Waals surface area contributed by atoms with Crippen molar-refractivity contribution in [2.24, 2.45) is 0 Å². The van der Waals surface area contributed by atoms with Gasteiger partial charge in [-0.2, -0.15) is 9.40 Å². The molecule has 1 N–H and O–H groups in total. The van der Waals surface area contributed by atoms with Gasteiger partial charge in [0.15, 0.2) is 0 Å². The number of sulfonamides is 1. The Bertz CT molecular complexity index is 785. The molecule has 0 radical (unpaired) electrons. The molecule has 1 saturated heterocycles. The van der Waals surface area contributed by atoms with Crippen molar-refractivity contribution in [3.05, 3.63) is 42.7 Å². The van der Waals surface area contributed by atoms with E-state index in [2.05, 4.69) is 5.10 Å². The van der Waals surface area contributed by atoms with Crippen molar-refractivity contribution in [3.63, 3.8) is 0 Å². The molecule has 2 aromatic rings. The minimum absolute atomic E-state index is 0.00417. The molecule has 116 valence electrons. The van der Waals surface area contributed by atoms with Gasteiger partial charge in [0.25, 0.3) is 0 Å². The van der Waals surface area contributed by atoms with Crippen molar-refractivity contribution in [2.75, 3.05) is 6.54 Å². The lowest BCUT2D eigenvalue weighted by atomic mass is 10.2. The molecule has 2 heterocycles. The Morgan fingerprint density at radius 3 is 2.68 bits per heavy atom. The normalized spacial score (nSPS) is 19.4. The van der Waals surface area contributed by atoms with E-state index in [-0.39, 0.29) is 11.4 Å². The minimum atomic E-state index is -3.85. The van der Waals surface area contributed by atoms with Crippen LogP contribution in [0.15, 0.2) is 47.6 Å². The second-order valence-electron chi connectivity index (χ2n) is 5.07. The van der Waals surface area contributed by atoms with Crippen LogP contribution in [-0.4, -0.2) is 46.2 Å². The SMILES string of the molecule is O=C(O)[C@@H]1CCCN1S(=O)(=O)c1cnn(-c2ccccc2)c1. The number of para-hydroxylation sites is 1. The van der Waals surface area contributed by atoms with Crippen LogP contribution in [0.1, 0.15) is 12.8 Å². The number of aromatic nitrogens is 2. The van der Waals surface area contributed by atoms with Crippen LogP contribution in [0.4, 0.5) is 0 Å². The zero-order valence-electron chi connectivity index (χ0n) is 11.7. The highest BCUT2D eigenvalue weighted by Crippen LogP contribution is 2.26. The molecular formula is C14H15N3O4S. The summed E-state index contributed by atoms with van der Waals surface area (Å²) in [6, 6.07) is 8.12. The second kappa shape index (κ2) is 5.54. The van der Waals surface area contributed by atoms with Crippen LogP contribution in [0.25, 0.3) is 5.69 Å². The van der Waals surface area contributed by atoms with Gasteiger partial charge in [-0.25, -0.2) is 13.1 Å². The zero-order chi connectivity index (χ0) is 15.7. The Morgan fingerprint density at radius 2 is 2.00 bits per heavy atom. The third-order valence-corrected chi connectivity index (χ3v) is 5.54. The number of hydrogen-bond donors (Lipinski definition) is 1. The minimum Gasteiger partial charge on any atom is -0.480 e. The monoisotopic (exact) mass is 321 g/mol. The molecule has 0 aliphatic carbocycles. The lowest BCUT2D eigenvalue weighted by Crippen LogP contribution is -2.40. The smallest absolute Gasteiger partial charge is 0.322 e. The Balaban J connectivity index is 1.94. The first kappa shape index (κ1) is 14.7. The molecule has 1 aliphatic rings. The number of carbonyl (C=O) groups is 1. The number of nitrogens with zero attached hydrogens (tertiary/aromatic N) is 3. The summed E-state index contributed by atoms with van der Waals surface area (Å²) in [5.41, 5.74) is 0.736. The topological polar surface area (TPSA) is 92.5 Å². The van der Waals surface area contributed by atoms with Crippen LogP contribution in [0.3, 0.4) is 0 Å². The van der Waals surface area contributed by atoms with Crippen molar-refractivity contribution in [2.45, 2.75) is 23.8 Å². The number of hydrogen-bond acceptors (Lipinski definition) is 4. The molecule has 0 unspecified atom stereocenters. The molecule has 0 spiro atoms. The molecule has 3 rings (SSSR count). The van der Waals surface area contributed by atoms with E-state index in [1.807, 2.05) is 18.2 Å². The Morgan fingerprint density at radius 1 is 1.27 bits per heavy atom. The average Bonchev–Trinajstić information content (AvgIpc) is 3.18. The highest BCUT2D eigenvalue weighted by molar-refractivity contribution is 7.89. The maximum Gasteiger partial charge on any atom is 0.322 e. The summed E-state index contributed by atoms with van der Waals surface area (Å²) in [6.45, 7) is 0.218. The maximum atomic E-state index is 12.6. The van der Waals surface area contributed by atoms with E-state index in [0.717, 1.165) is 9.99 Å². The van der Waals surface area contributed by atoms with E-state index in [9.17, 15) is 13.2 Å². The van der Waals surface area contributed by atoms with Crippen LogP contribution < -0.4 is 0 Å². The summed E-state index contributed by atoms with van der Waals surface area (Å²) in [5, 5.41) is 13.2. The van der Waals surface area contributed by atoms with Crippen LogP contribution in [-0.2, 0) is 14.8 Å². The molecule has 1 aromatic heterocycles. The molecular weight excluding hydrogens is 306 g/mol. The van der Waals surface area contributed by atoms with E-state index in [4.69, 9.17) is 5.11 Å². The number of benzene rings is 1. The van der Waals surface area contributed by atoms with Crippen LogP contribution in [0.2, 0.25) is 0 Å². The van der Waals surface area contributed by atoms with Gasteiger partial charge in [-0.3, -0.25) is 4.79 Å². The molecule has 8 heteroatoms. The highest BCUT2D eigenvalue weighted by atomic mass is 32.2. The van der Waals surface area contributed by atoms with Gasteiger partial charge in [0.2, 0.25) is 10.0 Å². The summed E-state index contributed by atoms with van der Waals surface area (Å²) in [5.74, 6) is -1.11. The summed E-state index contributed by atoms with van der Waals surface area (Å²) in [4.78, 5) is 11.2. The molecule has 7 nitrogen and oxygen atoms in total. The van der Waals surface area contributed by atoms with Crippen molar-refractivity contribution in [3.8, 4) is 5.69 Å². The standard InChI is InChI=1S/C14H15N3O4S/c18-14(19)13-7-4-8-17(13)22(20,21)12-9-15-16(10-12)11-5-2-1-3-6-11/h1-3,5-6,9-10,13H,4,7-8H2,(H,18,19)/t13-/m0/s1. The molecule has 1 fully saturated rings. The maximum absolute atomic E-state index is 12.6. The Labute approximate surface area is 127 Å². The molecule has 1 aliphatic heterocycles. The lowest BCUT2D eigenvalue weighted by Gasteiger charge is -2.19. The lowest BCUT2D eigenvalue weighted by molar-refractivity contribution is -0.140. The Kier molecular flexibility index (Phi) is 3.71. The molecule has 22 heavy (non-hydrogen) atoms. The first-order chi connectivity index (χ1) is 10.5. The highest BCUT2D eigenvalue weighted by Gasteiger charge is 2.40. The van der Waals surface area contributed by atoms with E-state index >= 15 is 0 Å². The zero-order valence-corrected chi connectivity index (χ0v) is 12.5. The number of carboxylic acids is 1. The summed E-state index contributed by atoms with van der Waals surface area (Å²) < 4.78 is 27.7. The van der Waals surface area contributed by atoms with E-state index in [0.29, 0.717) is 12.8 Å². The summed E-state index contributed by atoms with van der Waals surface area (Å²) >= 11 is 0. The fraction of sp³-hybridized carbons (Fsp3) is 0.286. The predicted molar refractivity (Wildman–Crippen MR) is 78.1 cm³/mol. The van der Waals surface area contributed by atoms with Gasteiger partial charge < -0.3 is 5.11 Å². The molecule has 0 amide bonds. The van der Waals surface area contributed by atoms with Crippen molar-refractivity contribution < 1.29 is 18.3 Å². The number of aliphatic carboxylic acids is 1. The van der Waals surface area contributed by atoms with Gasteiger partial charge in [0.1, 0.15) is 10.9 Å². The quantitative estimate of drug-likeness (QED) is 0.910. The van der Waals surface area contributed by atoms with Gasteiger partial charge in [-0.15, -0.1) is 0 Å². The average molecular weight is 321 g/mol. The summed E-state index contributed by atoms with van der Waals surface area (Å²) in [6.07, 6.45) is 3.53. The first-order valence-corrected chi connectivity index (χ1v) is 8.29. The van der Waals surface area contributed by atoms with Crippen LogP contribution in [0, 0.1) is 0 Å². The predicted octanol–water partition coefficient (Wildman–Crippen LogP) is 1.11. The second-order valence-corrected chi connectivity index (χ2v) is 6.96. The van der Waals surface area contributed by atoms with Crippen molar-refractivity contribution >= 4 is 16.0 Å². The fourth-order valence-electron chi connectivity index (χ4n) is 2.57. The molecule has 1 aromatic carbocycles. The van der Waals surface area contributed by atoms with Gasteiger partial charge in [0, 0.05) is 6.54 Å². The fourth-order valence-corrected chi connectivity index (χ4v) is 4.16. The van der Waals surface area contributed by atoms with Crippen LogP contribution >= 0.6 is 0 Å². The number of rotatable bonds is 4. The van der Waals surface area contributed by atoms with E-state index in [1.54, 1.807) is 12.1 Å². The Hall–Kier alpha value is -2.19. The van der Waals surface area contributed by atoms with Crippen molar-refractivity contribution in [1.82, 2.24) is 14.1 Å². The largest absolute Gasteiger partial charge is 0.480 e. The third-order valence-electron chi connectivity index (χ3n) is 3.67. The van der Waals surface area contributed by atoms with Gasteiger partial charge in [-0.1, -0.05) is 18.2 Å². The molecule has 0 saturated carbocycles. The summed E-state index contributed by atoms with van der Waals surface area (Å²) in [7, 11) is -3.85. The number of carboxylic acid groups (broad SMARTS) is 1. The first-order valence-electron chi connectivity index (χ1n) is 6.85. The van der Waals surface area contributed by atoms with Crippen LogP contribution in [0.5, 0.6) is 0 Å². The van der Waals surface area contributed by atoms with Crippen molar-refractivity contribution in [1.29, 1.82) is 0 Å². The van der Waals surface area contributed by atoms with Gasteiger partial charge >= 0.3 is 5.97 Å². The van der Waals surface area contributed by atoms with Gasteiger partial charge in [-0.05, 0) is 25.0 Å². The van der Waals surface area contributed by atoms with Gasteiger partial charge in [0.05, 0.1) is 18.1 Å². The van der Waals surface area contributed by atoms with E-state index in [1.165, 1.54) is 17.1 Å². The molecule has 0 bridgehead atoms. The molecule has 1 atom stereocenters. The van der Waals surface area contributed by atoms with E-state index < -0.39 is 22.0 Å². The third kappa shape index (κ3) is 2.51.